The first-order valence-corrected chi connectivity index (χ1v) is 12.0. The molecule has 1 unspecified atom stereocenters. The lowest BCUT2D eigenvalue weighted by molar-refractivity contribution is 0.0670. The molecule has 3 heterocycles. The third-order valence-electron chi connectivity index (χ3n) is 6.36. The van der Waals surface area contributed by atoms with Gasteiger partial charge >= 0.3 is 6.03 Å². The molecule has 8 nitrogen and oxygen atoms in total. The first-order chi connectivity index (χ1) is 16.6. The van der Waals surface area contributed by atoms with Crippen LogP contribution in [0.15, 0.2) is 40.8 Å². The molecule has 1 N–H and O–H groups in total. The Morgan fingerprint density at radius 3 is 2.79 bits per heavy atom. The summed E-state index contributed by atoms with van der Waals surface area (Å²) < 4.78 is 22.9. The summed E-state index contributed by atoms with van der Waals surface area (Å²) in [7, 11) is 1.60. The van der Waals surface area contributed by atoms with E-state index in [0.717, 1.165) is 43.4 Å². The van der Waals surface area contributed by atoms with E-state index in [1.165, 1.54) is 0 Å². The number of ether oxygens (including phenoxy) is 3. The second kappa shape index (κ2) is 10.1. The van der Waals surface area contributed by atoms with Gasteiger partial charge in [-0.3, -0.25) is 0 Å². The molecular weight excluding hydrogens is 458 g/mol. The minimum atomic E-state index is -0.141. The van der Waals surface area contributed by atoms with Gasteiger partial charge in [-0.15, -0.1) is 0 Å². The summed E-state index contributed by atoms with van der Waals surface area (Å²) in [4.78, 5) is 19.3. The number of hydrogen-bond donors (Lipinski definition) is 1. The van der Waals surface area contributed by atoms with Gasteiger partial charge < -0.3 is 28.8 Å². The van der Waals surface area contributed by atoms with E-state index < -0.39 is 0 Å². The fourth-order valence-electron chi connectivity index (χ4n) is 4.45. The van der Waals surface area contributed by atoms with Crippen molar-refractivity contribution in [2.24, 2.45) is 0 Å². The number of urea groups is 1. The quantitative estimate of drug-likeness (QED) is 0.499. The predicted molar refractivity (Wildman–Crippen MR) is 129 cm³/mol. The summed E-state index contributed by atoms with van der Waals surface area (Å²) in [5.74, 6) is 2.09. The van der Waals surface area contributed by atoms with E-state index in [0.29, 0.717) is 47.8 Å². The van der Waals surface area contributed by atoms with Crippen molar-refractivity contribution in [2.45, 2.75) is 37.7 Å². The van der Waals surface area contributed by atoms with Crippen LogP contribution < -0.4 is 14.8 Å². The van der Waals surface area contributed by atoms with Crippen LogP contribution in [-0.4, -0.2) is 55.4 Å². The number of aromatic nitrogens is 1. The van der Waals surface area contributed by atoms with Gasteiger partial charge in [-0.1, -0.05) is 11.6 Å². The SMILES string of the molecule is COc1ccc(NC(=O)N2CCC(c3nc4cc(Cl)ccc4o3)CC2)cc1OCC1CCCO1. The minimum Gasteiger partial charge on any atom is -0.493 e. The maximum Gasteiger partial charge on any atom is 0.321 e. The first kappa shape index (κ1) is 22.8. The number of anilines is 1. The van der Waals surface area contributed by atoms with E-state index in [1.54, 1.807) is 31.4 Å². The zero-order chi connectivity index (χ0) is 23.5. The molecule has 0 aliphatic carbocycles. The third kappa shape index (κ3) is 5.08. The van der Waals surface area contributed by atoms with E-state index in [9.17, 15) is 4.79 Å². The topological polar surface area (TPSA) is 86.1 Å². The number of halogens is 1. The van der Waals surface area contributed by atoms with Crippen LogP contribution in [0.25, 0.3) is 11.1 Å². The smallest absolute Gasteiger partial charge is 0.321 e. The van der Waals surface area contributed by atoms with E-state index in [-0.39, 0.29) is 18.1 Å². The molecule has 2 saturated heterocycles. The molecule has 0 spiro atoms. The summed E-state index contributed by atoms with van der Waals surface area (Å²) >= 11 is 6.05. The molecular formula is C25H28ClN3O5. The number of carbonyl (C=O) groups is 1. The van der Waals surface area contributed by atoms with Crippen molar-refractivity contribution in [2.75, 3.05) is 38.7 Å². The van der Waals surface area contributed by atoms with Crippen molar-refractivity contribution in [3.05, 3.63) is 47.3 Å². The lowest BCUT2D eigenvalue weighted by Crippen LogP contribution is -2.40. The van der Waals surface area contributed by atoms with Crippen molar-refractivity contribution in [3.8, 4) is 11.5 Å². The van der Waals surface area contributed by atoms with Crippen LogP contribution >= 0.6 is 11.6 Å². The van der Waals surface area contributed by atoms with Gasteiger partial charge in [0.15, 0.2) is 23.0 Å². The molecule has 180 valence electrons. The molecule has 2 amide bonds. The van der Waals surface area contributed by atoms with Crippen molar-refractivity contribution < 1.29 is 23.4 Å². The highest BCUT2D eigenvalue weighted by Crippen LogP contribution is 2.33. The number of benzene rings is 2. The number of likely N-dealkylation sites (tertiary alicyclic amines) is 1. The Bertz CT molecular complexity index is 1150. The molecule has 2 fully saturated rings. The van der Waals surface area contributed by atoms with Gasteiger partial charge in [-0.05, 0) is 56.0 Å². The molecule has 1 atom stereocenters. The molecule has 2 aliphatic rings. The summed E-state index contributed by atoms with van der Waals surface area (Å²) in [5, 5.41) is 3.62. The Hall–Kier alpha value is -2.97. The number of nitrogens with zero attached hydrogens (tertiary/aromatic N) is 2. The highest BCUT2D eigenvalue weighted by molar-refractivity contribution is 6.31. The lowest BCUT2D eigenvalue weighted by atomic mass is 9.97. The van der Waals surface area contributed by atoms with Crippen molar-refractivity contribution in [1.82, 2.24) is 9.88 Å². The maximum atomic E-state index is 12.9. The number of rotatable bonds is 6. The first-order valence-electron chi connectivity index (χ1n) is 11.6. The number of oxazole rings is 1. The number of piperidine rings is 1. The molecule has 34 heavy (non-hydrogen) atoms. The van der Waals surface area contributed by atoms with Gasteiger partial charge in [0.05, 0.1) is 13.2 Å². The predicted octanol–water partition coefficient (Wildman–Crippen LogP) is 5.46. The molecule has 2 aromatic carbocycles. The summed E-state index contributed by atoms with van der Waals surface area (Å²) in [5.41, 5.74) is 2.15. The van der Waals surface area contributed by atoms with Crippen LogP contribution in [0.5, 0.6) is 11.5 Å². The van der Waals surface area contributed by atoms with Crippen LogP contribution in [0.2, 0.25) is 5.02 Å². The highest BCUT2D eigenvalue weighted by atomic mass is 35.5. The van der Waals surface area contributed by atoms with Gasteiger partial charge in [0.1, 0.15) is 12.1 Å². The largest absolute Gasteiger partial charge is 0.493 e. The molecule has 2 aliphatic heterocycles. The number of amides is 2. The van der Waals surface area contributed by atoms with Crippen molar-refractivity contribution in [1.29, 1.82) is 0 Å². The molecule has 9 heteroatoms. The second-order valence-corrected chi connectivity index (χ2v) is 9.10. The second-order valence-electron chi connectivity index (χ2n) is 8.67. The Morgan fingerprint density at radius 1 is 1.18 bits per heavy atom. The van der Waals surface area contributed by atoms with Crippen LogP contribution in [0, 0.1) is 0 Å². The molecule has 0 bridgehead atoms. The van der Waals surface area contributed by atoms with Gasteiger partial charge in [-0.2, -0.15) is 0 Å². The monoisotopic (exact) mass is 485 g/mol. The maximum absolute atomic E-state index is 12.9. The zero-order valence-corrected chi connectivity index (χ0v) is 19.8. The lowest BCUT2D eigenvalue weighted by Gasteiger charge is -2.30. The number of methoxy groups -OCH3 is 1. The Balaban J connectivity index is 1.18. The average Bonchev–Trinajstić information content (AvgIpc) is 3.52. The Kier molecular flexibility index (Phi) is 6.78. The molecule has 0 saturated carbocycles. The number of carbonyl (C=O) groups excluding carboxylic acids is 1. The van der Waals surface area contributed by atoms with Crippen molar-refractivity contribution >= 4 is 34.4 Å². The molecule has 0 radical (unpaired) electrons. The standard InChI is InChI=1S/C25H28ClN3O5/c1-31-22-7-5-18(14-23(22)33-15-19-3-2-12-32-19)27-25(30)29-10-8-16(9-11-29)24-28-20-13-17(26)4-6-21(20)34-24/h4-7,13-14,16,19H,2-3,8-12,15H2,1H3,(H,27,30). The van der Waals surface area contributed by atoms with Gasteiger partial charge in [0.25, 0.3) is 0 Å². The summed E-state index contributed by atoms with van der Waals surface area (Å²) in [6, 6.07) is 10.7. The fourth-order valence-corrected chi connectivity index (χ4v) is 4.62. The summed E-state index contributed by atoms with van der Waals surface area (Å²) in [6.07, 6.45) is 3.71. The van der Waals surface area contributed by atoms with Crippen LogP contribution in [0.1, 0.15) is 37.5 Å². The third-order valence-corrected chi connectivity index (χ3v) is 6.60. The van der Waals surface area contributed by atoms with Crippen LogP contribution in [0.3, 0.4) is 0 Å². The Labute approximate surface area is 203 Å². The fraction of sp³-hybridized carbons (Fsp3) is 0.440. The van der Waals surface area contributed by atoms with Crippen molar-refractivity contribution in [3.63, 3.8) is 0 Å². The summed E-state index contributed by atoms with van der Waals surface area (Å²) in [6.45, 7) is 2.48. The highest BCUT2D eigenvalue weighted by Gasteiger charge is 2.27. The zero-order valence-electron chi connectivity index (χ0n) is 19.1. The van der Waals surface area contributed by atoms with Gasteiger partial charge in [0.2, 0.25) is 0 Å². The van der Waals surface area contributed by atoms with Gasteiger partial charge in [0, 0.05) is 42.4 Å². The number of fused-ring (bicyclic) bond motifs is 1. The van der Waals surface area contributed by atoms with E-state index in [2.05, 4.69) is 10.3 Å². The average molecular weight is 486 g/mol. The van der Waals surface area contributed by atoms with E-state index >= 15 is 0 Å². The number of nitrogens with one attached hydrogen (secondary N) is 1. The Morgan fingerprint density at radius 2 is 2.03 bits per heavy atom. The molecule has 1 aromatic heterocycles. The van der Waals surface area contributed by atoms with Gasteiger partial charge in [-0.25, -0.2) is 9.78 Å². The number of hydrogen-bond acceptors (Lipinski definition) is 6. The molecule has 3 aromatic rings. The van der Waals surface area contributed by atoms with Crippen LogP contribution in [0.4, 0.5) is 10.5 Å². The van der Waals surface area contributed by atoms with E-state index in [1.807, 2.05) is 17.0 Å². The van der Waals surface area contributed by atoms with Crippen LogP contribution in [-0.2, 0) is 4.74 Å². The van der Waals surface area contributed by atoms with E-state index in [4.69, 9.17) is 30.2 Å². The minimum absolute atomic E-state index is 0.0995. The molecule has 5 rings (SSSR count). The normalized spacial score (nSPS) is 18.9.